The number of hydrogen-bond donors (Lipinski definition) is 2. The monoisotopic (exact) mass is 590 g/mol. The molecular weight excluding hydrogens is 563 g/mol. The van der Waals surface area contributed by atoms with Crippen molar-refractivity contribution < 1.29 is 22.7 Å². The first-order valence-corrected chi connectivity index (χ1v) is 14.2. The summed E-state index contributed by atoms with van der Waals surface area (Å²) in [6.45, 7) is 6.00. The number of carbonyl (C=O) groups excluding carboxylic acids is 1. The zero-order chi connectivity index (χ0) is 28.4. The molecule has 0 atom stereocenters. The van der Waals surface area contributed by atoms with Gasteiger partial charge in [-0.1, -0.05) is 59.6 Å². The van der Waals surface area contributed by atoms with Gasteiger partial charge >= 0.3 is 6.09 Å². The van der Waals surface area contributed by atoms with Crippen LogP contribution in [0.4, 0.5) is 10.6 Å². The number of rotatable bonds is 8. The van der Waals surface area contributed by atoms with Crippen LogP contribution in [0.25, 0.3) is 10.9 Å². The van der Waals surface area contributed by atoms with Crippen molar-refractivity contribution in [2.24, 2.45) is 0 Å². The van der Waals surface area contributed by atoms with E-state index in [1.54, 1.807) is 37.6 Å². The summed E-state index contributed by atoms with van der Waals surface area (Å²) in [5.74, 6) is 0.533. The van der Waals surface area contributed by atoms with Crippen LogP contribution in [-0.4, -0.2) is 37.0 Å². The highest BCUT2D eigenvalue weighted by Gasteiger charge is 2.24. The van der Waals surface area contributed by atoms with Gasteiger partial charge in [0.1, 0.15) is 16.2 Å². The van der Waals surface area contributed by atoms with E-state index in [2.05, 4.69) is 15.1 Å². The Balaban J connectivity index is 1.64. The minimum atomic E-state index is -4.13. The van der Waals surface area contributed by atoms with Crippen molar-refractivity contribution >= 4 is 56.0 Å². The molecule has 9 nitrogen and oxygen atoms in total. The molecule has 0 saturated carbocycles. The molecule has 0 fully saturated rings. The topological polar surface area (TPSA) is 112 Å². The molecule has 12 heteroatoms. The van der Waals surface area contributed by atoms with Gasteiger partial charge in [0.25, 0.3) is 10.0 Å². The van der Waals surface area contributed by atoms with Gasteiger partial charge in [0.05, 0.1) is 34.6 Å². The highest BCUT2D eigenvalue weighted by molar-refractivity contribution is 7.92. The summed E-state index contributed by atoms with van der Waals surface area (Å²) in [5.41, 5.74) is 1.81. The Morgan fingerprint density at radius 2 is 1.72 bits per heavy atom. The number of amides is 1. The predicted molar refractivity (Wildman–Crippen MR) is 152 cm³/mol. The summed E-state index contributed by atoms with van der Waals surface area (Å²) < 4.78 is 41.5. The second-order valence-electron chi connectivity index (χ2n) is 9.69. The molecule has 0 bridgehead atoms. The van der Waals surface area contributed by atoms with Crippen molar-refractivity contribution in [3.8, 4) is 5.75 Å². The molecule has 4 rings (SSSR count). The Bertz CT molecular complexity index is 1630. The van der Waals surface area contributed by atoms with Crippen molar-refractivity contribution in [1.82, 2.24) is 15.1 Å². The van der Waals surface area contributed by atoms with Crippen LogP contribution in [0.2, 0.25) is 10.0 Å². The molecule has 0 aliphatic carbocycles. The van der Waals surface area contributed by atoms with E-state index in [1.807, 2.05) is 30.3 Å². The first-order chi connectivity index (χ1) is 18.4. The minimum absolute atomic E-state index is 0.0841. The van der Waals surface area contributed by atoms with E-state index in [-0.39, 0.29) is 27.3 Å². The van der Waals surface area contributed by atoms with E-state index in [4.69, 9.17) is 32.7 Å². The van der Waals surface area contributed by atoms with Crippen molar-refractivity contribution in [1.29, 1.82) is 0 Å². The summed E-state index contributed by atoms with van der Waals surface area (Å²) in [5, 5.41) is 7.85. The van der Waals surface area contributed by atoms with E-state index in [0.29, 0.717) is 23.2 Å². The van der Waals surface area contributed by atoms with Crippen LogP contribution in [0, 0.1) is 0 Å². The third kappa shape index (κ3) is 6.76. The van der Waals surface area contributed by atoms with Gasteiger partial charge in [0.2, 0.25) is 0 Å². The molecule has 1 heterocycles. The maximum Gasteiger partial charge on any atom is 0.407 e. The number of anilines is 1. The van der Waals surface area contributed by atoms with Gasteiger partial charge in [0.15, 0.2) is 5.82 Å². The molecular formula is C27H28Cl2N4O5S. The van der Waals surface area contributed by atoms with Crippen LogP contribution in [0.1, 0.15) is 31.9 Å². The molecule has 3 aromatic carbocycles. The number of methoxy groups -OCH3 is 1. The van der Waals surface area contributed by atoms with Crippen molar-refractivity contribution in [3.05, 3.63) is 81.8 Å². The maximum absolute atomic E-state index is 13.3. The largest absolute Gasteiger partial charge is 0.496 e. The molecule has 2 N–H and O–H groups in total. The highest BCUT2D eigenvalue weighted by atomic mass is 35.5. The van der Waals surface area contributed by atoms with Crippen LogP contribution in [0.15, 0.2) is 65.6 Å². The van der Waals surface area contributed by atoms with E-state index in [9.17, 15) is 13.2 Å². The summed E-state index contributed by atoms with van der Waals surface area (Å²) in [4.78, 5) is 11.9. The lowest BCUT2D eigenvalue weighted by atomic mass is 10.1. The van der Waals surface area contributed by atoms with Gasteiger partial charge in [-0.25, -0.2) is 13.2 Å². The molecule has 0 saturated heterocycles. The van der Waals surface area contributed by atoms with Gasteiger partial charge in [-0.15, -0.1) is 0 Å². The molecule has 206 valence electrons. The smallest absolute Gasteiger partial charge is 0.407 e. The number of fused-ring (bicyclic) bond motifs is 1. The van der Waals surface area contributed by atoms with Gasteiger partial charge in [-0.2, -0.15) is 5.10 Å². The van der Waals surface area contributed by atoms with Crippen molar-refractivity contribution in [3.63, 3.8) is 0 Å². The van der Waals surface area contributed by atoms with Crippen molar-refractivity contribution in [2.75, 3.05) is 11.8 Å². The van der Waals surface area contributed by atoms with Crippen LogP contribution in [-0.2, 0) is 27.8 Å². The van der Waals surface area contributed by atoms with E-state index in [1.165, 1.54) is 25.3 Å². The Morgan fingerprint density at radius 1 is 1.03 bits per heavy atom. The van der Waals surface area contributed by atoms with Crippen molar-refractivity contribution in [2.45, 2.75) is 44.4 Å². The number of hydrogen-bond acceptors (Lipinski definition) is 6. The first kappa shape index (κ1) is 28.5. The zero-order valence-electron chi connectivity index (χ0n) is 21.8. The fourth-order valence-electron chi connectivity index (χ4n) is 3.93. The SMILES string of the molecule is COc1cccc2c1c(NS(=O)(=O)c1cccc(Cl)c1Cl)nn2Cc1cccc(CNC(=O)OC(C)(C)C)c1. The number of carbonyl (C=O) groups is 1. The molecule has 0 spiro atoms. The Hall–Kier alpha value is -3.47. The average Bonchev–Trinajstić information content (AvgIpc) is 3.20. The van der Waals surface area contributed by atoms with Gasteiger partial charge in [-0.3, -0.25) is 9.40 Å². The standard InChI is InChI=1S/C27H28Cl2N4O5S/c1-27(2,3)38-26(34)30-15-17-8-5-9-18(14-17)16-33-20-11-7-12-21(37-4)23(20)25(31-33)32-39(35,36)22-13-6-10-19(28)24(22)29/h5-14H,15-16H2,1-4H3,(H,30,34)(H,31,32). The lowest BCUT2D eigenvalue weighted by Gasteiger charge is -2.19. The fraction of sp³-hybridized carbons (Fsp3) is 0.259. The second kappa shape index (κ2) is 11.3. The third-order valence-corrected chi connectivity index (χ3v) is 7.87. The molecule has 0 unspecified atom stereocenters. The molecule has 1 aromatic heterocycles. The Labute approximate surface area is 237 Å². The first-order valence-electron chi connectivity index (χ1n) is 11.9. The predicted octanol–water partition coefficient (Wildman–Crippen LogP) is 6.23. The van der Waals surface area contributed by atoms with Crippen LogP contribution in [0.5, 0.6) is 5.75 Å². The quantitative estimate of drug-likeness (QED) is 0.252. The normalized spacial score (nSPS) is 11.8. The Kier molecular flexibility index (Phi) is 8.29. The van der Waals surface area contributed by atoms with E-state index < -0.39 is 21.7 Å². The number of nitrogens with zero attached hydrogens (tertiary/aromatic N) is 2. The van der Waals surface area contributed by atoms with Crippen LogP contribution in [0.3, 0.4) is 0 Å². The number of aromatic nitrogens is 2. The number of benzene rings is 3. The summed E-state index contributed by atoms with van der Waals surface area (Å²) in [7, 11) is -2.63. The maximum atomic E-state index is 13.3. The average molecular weight is 592 g/mol. The van der Waals surface area contributed by atoms with Gasteiger partial charge < -0.3 is 14.8 Å². The minimum Gasteiger partial charge on any atom is -0.496 e. The van der Waals surface area contributed by atoms with Gasteiger partial charge in [0, 0.05) is 6.54 Å². The zero-order valence-corrected chi connectivity index (χ0v) is 24.1. The van der Waals surface area contributed by atoms with E-state index >= 15 is 0 Å². The Morgan fingerprint density at radius 3 is 2.44 bits per heavy atom. The molecule has 39 heavy (non-hydrogen) atoms. The number of sulfonamides is 1. The lowest BCUT2D eigenvalue weighted by molar-refractivity contribution is 0.0523. The lowest BCUT2D eigenvalue weighted by Crippen LogP contribution is -2.32. The summed E-state index contributed by atoms with van der Waals surface area (Å²) in [6, 6.07) is 17.3. The summed E-state index contributed by atoms with van der Waals surface area (Å²) in [6.07, 6.45) is -0.505. The van der Waals surface area contributed by atoms with Crippen LogP contribution >= 0.6 is 23.2 Å². The number of alkyl carbamates (subject to hydrolysis) is 1. The van der Waals surface area contributed by atoms with E-state index in [0.717, 1.165) is 11.1 Å². The summed E-state index contributed by atoms with van der Waals surface area (Å²) >= 11 is 12.2. The van der Waals surface area contributed by atoms with Gasteiger partial charge in [-0.05, 0) is 56.2 Å². The number of halogens is 2. The highest BCUT2D eigenvalue weighted by Crippen LogP contribution is 2.35. The molecule has 4 aromatic rings. The fourth-order valence-corrected chi connectivity index (χ4v) is 5.70. The number of nitrogens with one attached hydrogen (secondary N) is 2. The molecule has 0 aliphatic heterocycles. The van der Waals surface area contributed by atoms with Crippen LogP contribution < -0.4 is 14.8 Å². The molecule has 0 radical (unpaired) electrons. The molecule has 1 amide bonds. The third-order valence-electron chi connectivity index (χ3n) is 5.56. The number of ether oxygens (including phenoxy) is 2. The molecule has 0 aliphatic rings. The second-order valence-corrected chi connectivity index (χ2v) is 12.1.